The smallest absolute Gasteiger partial charge is 0.253 e. The normalized spacial score (nSPS) is 21.8. The molecular formula is C21H32ClN3O2. The lowest BCUT2D eigenvalue weighted by molar-refractivity contribution is 0.0749. The summed E-state index contributed by atoms with van der Waals surface area (Å²) in [5, 5.41) is 3.47. The highest BCUT2D eigenvalue weighted by Crippen LogP contribution is 2.27. The Balaban J connectivity index is 0.00000261. The van der Waals surface area contributed by atoms with Gasteiger partial charge < -0.3 is 15.1 Å². The highest BCUT2D eigenvalue weighted by atomic mass is 35.5. The van der Waals surface area contributed by atoms with Gasteiger partial charge in [-0.15, -0.1) is 12.4 Å². The van der Waals surface area contributed by atoms with E-state index >= 15 is 0 Å². The summed E-state index contributed by atoms with van der Waals surface area (Å²) >= 11 is 0. The number of benzene rings is 1. The molecule has 2 aliphatic heterocycles. The first kappa shape index (κ1) is 21.7. The van der Waals surface area contributed by atoms with Gasteiger partial charge in [0.2, 0.25) is 0 Å². The van der Waals surface area contributed by atoms with Crippen LogP contribution < -0.4 is 5.32 Å². The van der Waals surface area contributed by atoms with Gasteiger partial charge in [-0.3, -0.25) is 9.59 Å². The van der Waals surface area contributed by atoms with Crippen LogP contribution in [0.5, 0.6) is 0 Å². The zero-order chi connectivity index (χ0) is 18.5. The molecule has 0 aliphatic carbocycles. The Morgan fingerprint density at radius 2 is 1.59 bits per heavy atom. The number of carbonyl (C=O) groups is 2. The second kappa shape index (κ2) is 10.1. The van der Waals surface area contributed by atoms with E-state index in [4.69, 9.17) is 0 Å². The number of nitrogens with one attached hydrogen (secondary N) is 1. The van der Waals surface area contributed by atoms with Gasteiger partial charge in [-0.05, 0) is 75.4 Å². The first-order chi connectivity index (χ1) is 12.6. The number of amides is 2. The van der Waals surface area contributed by atoms with Crippen LogP contribution in [-0.2, 0) is 0 Å². The maximum atomic E-state index is 12.9. The summed E-state index contributed by atoms with van der Waals surface area (Å²) in [6, 6.07) is 7.21. The predicted molar refractivity (Wildman–Crippen MR) is 111 cm³/mol. The molecule has 1 aromatic rings. The van der Waals surface area contributed by atoms with Gasteiger partial charge in [-0.1, -0.05) is 6.92 Å². The second-order valence-electron chi connectivity index (χ2n) is 7.51. The molecule has 2 heterocycles. The molecular weight excluding hydrogens is 362 g/mol. The highest BCUT2D eigenvalue weighted by molar-refractivity contribution is 5.97. The second-order valence-corrected chi connectivity index (χ2v) is 7.51. The lowest BCUT2D eigenvalue weighted by Gasteiger charge is -2.22. The molecule has 1 aromatic carbocycles. The van der Waals surface area contributed by atoms with Crippen LogP contribution in [0.15, 0.2) is 24.3 Å². The molecule has 0 unspecified atom stereocenters. The van der Waals surface area contributed by atoms with Crippen LogP contribution in [0.2, 0.25) is 0 Å². The van der Waals surface area contributed by atoms with Crippen LogP contribution in [-0.4, -0.2) is 60.9 Å². The topological polar surface area (TPSA) is 52.7 Å². The van der Waals surface area contributed by atoms with E-state index in [0.717, 1.165) is 52.0 Å². The quantitative estimate of drug-likeness (QED) is 0.836. The average molecular weight is 394 g/mol. The van der Waals surface area contributed by atoms with Crippen molar-refractivity contribution in [3.05, 3.63) is 35.4 Å². The number of carbonyl (C=O) groups excluding carboxylic acids is 2. The molecule has 2 aliphatic rings. The standard InChI is InChI=1S/C21H31N3O2.ClH/c1-3-11-23(4-2)20(25)16-5-7-17(8-6-16)21(26)24-12-9-18-14-22-15-19(18)10-13-24;/h5-8,18-19,22H,3-4,9-15H2,1-2H3;1H/t18-,19+;. The summed E-state index contributed by atoms with van der Waals surface area (Å²) in [7, 11) is 0. The average Bonchev–Trinajstić information content (AvgIpc) is 3.03. The molecule has 0 saturated carbocycles. The molecule has 6 heteroatoms. The van der Waals surface area contributed by atoms with Crippen molar-refractivity contribution >= 4 is 24.2 Å². The van der Waals surface area contributed by atoms with Gasteiger partial charge in [0.25, 0.3) is 11.8 Å². The van der Waals surface area contributed by atoms with Crippen LogP contribution in [0.4, 0.5) is 0 Å². The van der Waals surface area contributed by atoms with Gasteiger partial charge in [0.05, 0.1) is 0 Å². The Kier molecular flexibility index (Phi) is 8.11. The van der Waals surface area contributed by atoms with E-state index in [1.807, 2.05) is 28.9 Å². The molecule has 1 N–H and O–H groups in total. The first-order valence-corrected chi connectivity index (χ1v) is 10.0. The van der Waals surface area contributed by atoms with Crippen LogP contribution in [0.1, 0.15) is 53.8 Å². The van der Waals surface area contributed by atoms with E-state index in [1.54, 1.807) is 12.1 Å². The number of rotatable bonds is 5. The van der Waals surface area contributed by atoms with Gasteiger partial charge in [0.1, 0.15) is 0 Å². The van der Waals surface area contributed by atoms with Gasteiger partial charge in [0, 0.05) is 37.3 Å². The van der Waals surface area contributed by atoms with Crippen molar-refractivity contribution in [2.75, 3.05) is 39.3 Å². The molecule has 27 heavy (non-hydrogen) atoms. The molecule has 2 atom stereocenters. The monoisotopic (exact) mass is 393 g/mol. The van der Waals surface area contributed by atoms with Crippen molar-refractivity contribution in [3.63, 3.8) is 0 Å². The molecule has 0 aromatic heterocycles. The number of fused-ring (bicyclic) bond motifs is 1. The van der Waals surface area contributed by atoms with Crippen molar-refractivity contribution in [2.24, 2.45) is 11.8 Å². The van der Waals surface area contributed by atoms with Crippen molar-refractivity contribution in [3.8, 4) is 0 Å². The van der Waals surface area contributed by atoms with Crippen LogP contribution in [0, 0.1) is 11.8 Å². The summed E-state index contributed by atoms with van der Waals surface area (Å²) in [6.07, 6.45) is 3.12. The maximum absolute atomic E-state index is 12.9. The van der Waals surface area contributed by atoms with Gasteiger partial charge >= 0.3 is 0 Å². The lowest BCUT2D eigenvalue weighted by atomic mass is 9.92. The zero-order valence-corrected chi connectivity index (χ0v) is 17.3. The van der Waals surface area contributed by atoms with Crippen LogP contribution in [0.3, 0.4) is 0 Å². The first-order valence-electron chi connectivity index (χ1n) is 10.0. The predicted octanol–water partition coefficient (Wildman–Crippen LogP) is 3.05. The molecule has 0 radical (unpaired) electrons. The van der Waals surface area contributed by atoms with E-state index in [2.05, 4.69) is 12.2 Å². The zero-order valence-electron chi connectivity index (χ0n) is 16.4. The van der Waals surface area contributed by atoms with Gasteiger partial charge in [0.15, 0.2) is 0 Å². The lowest BCUT2D eigenvalue weighted by Crippen LogP contribution is -2.33. The van der Waals surface area contributed by atoms with E-state index in [-0.39, 0.29) is 24.2 Å². The Morgan fingerprint density at radius 3 is 2.11 bits per heavy atom. The van der Waals surface area contributed by atoms with Crippen molar-refractivity contribution in [2.45, 2.75) is 33.1 Å². The molecule has 0 bridgehead atoms. The van der Waals surface area contributed by atoms with Gasteiger partial charge in [-0.2, -0.15) is 0 Å². The van der Waals surface area contributed by atoms with Crippen LogP contribution >= 0.6 is 12.4 Å². The van der Waals surface area contributed by atoms with Gasteiger partial charge in [-0.25, -0.2) is 0 Å². The van der Waals surface area contributed by atoms with Crippen molar-refractivity contribution in [1.29, 1.82) is 0 Å². The Bertz CT molecular complexity index is 621. The summed E-state index contributed by atoms with van der Waals surface area (Å²) in [6.45, 7) is 9.40. The molecule has 150 valence electrons. The third-order valence-corrected chi connectivity index (χ3v) is 5.85. The maximum Gasteiger partial charge on any atom is 0.253 e. The number of likely N-dealkylation sites (tertiary alicyclic amines) is 1. The molecule has 3 rings (SSSR count). The molecule has 2 fully saturated rings. The van der Waals surface area contributed by atoms with E-state index in [9.17, 15) is 9.59 Å². The van der Waals surface area contributed by atoms with Crippen molar-refractivity contribution in [1.82, 2.24) is 15.1 Å². The Hall–Kier alpha value is -1.59. The number of hydrogen-bond donors (Lipinski definition) is 1. The molecule has 5 nitrogen and oxygen atoms in total. The SMILES string of the molecule is CCCN(CC)C(=O)c1ccc(C(=O)N2CC[C@@H]3CNC[C@@H]3CC2)cc1.Cl. The van der Waals surface area contributed by atoms with E-state index in [0.29, 0.717) is 29.5 Å². The molecule has 0 spiro atoms. The third kappa shape index (κ3) is 5.02. The molecule has 2 saturated heterocycles. The number of halogens is 1. The fourth-order valence-corrected chi connectivity index (χ4v) is 4.21. The summed E-state index contributed by atoms with van der Waals surface area (Å²) in [5.74, 6) is 1.57. The highest BCUT2D eigenvalue weighted by Gasteiger charge is 2.31. The fourth-order valence-electron chi connectivity index (χ4n) is 4.21. The summed E-state index contributed by atoms with van der Waals surface area (Å²) in [5.41, 5.74) is 1.35. The summed E-state index contributed by atoms with van der Waals surface area (Å²) < 4.78 is 0. The molecule has 2 amide bonds. The number of nitrogens with zero attached hydrogens (tertiary/aromatic N) is 2. The van der Waals surface area contributed by atoms with Crippen molar-refractivity contribution < 1.29 is 9.59 Å². The Labute approximate surface area is 168 Å². The van der Waals surface area contributed by atoms with E-state index in [1.165, 1.54) is 0 Å². The number of hydrogen-bond acceptors (Lipinski definition) is 3. The third-order valence-electron chi connectivity index (χ3n) is 5.85. The van der Waals surface area contributed by atoms with Crippen LogP contribution in [0.25, 0.3) is 0 Å². The Morgan fingerprint density at radius 1 is 1.04 bits per heavy atom. The minimum Gasteiger partial charge on any atom is -0.339 e. The minimum absolute atomic E-state index is 0. The summed E-state index contributed by atoms with van der Waals surface area (Å²) in [4.78, 5) is 29.2. The van der Waals surface area contributed by atoms with E-state index < -0.39 is 0 Å². The fraction of sp³-hybridized carbons (Fsp3) is 0.619. The minimum atomic E-state index is 0. The largest absolute Gasteiger partial charge is 0.339 e.